The van der Waals surface area contributed by atoms with Gasteiger partial charge < -0.3 is 19.5 Å². The molecule has 3 unspecified atom stereocenters. The van der Waals surface area contributed by atoms with Gasteiger partial charge in [-0.3, -0.25) is 0 Å². The van der Waals surface area contributed by atoms with Gasteiger partial charge in [0.15, 0.2) is 0 Å². The molecule has 24 heavy (non-hydrogen) atoms. The number of rotatable bonds is 1. The first-order valence-electron chi connectivity index (χ1n) is 7.87. The molecule has 5 nitrogen and oxygen atoms in total. The van der Waals surface area contributed by atoms with Crippen LogP contribution in [0, 0.1) is 5.41 Å². The minimum Gasteiger partial charge on any atom is -0.465 e. The molecule has 0 aliphatic carbocycles. The quantitative estimate of drug-likeness (QED) is 0.748. The van der Waals surface area contributed by atoms with E-state index in [0.29, 0.717) is 23.2 Å². The maximum Gasteiger partial charge on any atom is 0.407 e. The molecule has 0 bridgehead atoms. The molecule has 2 saturated heterocycles. The molecule has 0 radical (unpaired) electrons. The van der Waals surface area contributed by atoms with Crippen LogP contribution in [0.5, 0.6) is 0 Å². The van der Waals surface area contributed by atoms with Gasteiger partial charge in [-0.25, -0.2) is 4.79 Å². The van der Waals surface area contributed by atoms with Gasteiger partial charge in [-0.2, -0.15) is 0 Å². The van der Waals surface area contributed by atoms with E-state index in [4.69, 9.17) is 32.7 Å². The standard InChI is InChI=1S/C17H21Cl2NO4/c1-16(2,3)14-17(24-14)9-20(15(21)22)6-7-23-13(17)10-4-5-11(18)12(19)8-10/h4-5,8,13-14H,6-7,9H2,1-3H3,(H,21,22). The first-order valence-corrected chi connectivity index (χ1v) is 8.63. The number of halogens is 2. The van der Waals surface area contributed by atoms with Crippen molar-refractivity contribution in [1.29, 1.82) is 0 Å². The lowest BCUT2D eigenvalue weighted by Crippen LogP contribution is -2.42. The Morgan fingerprint density at radius 3 is 2.58 bits per heavy atom. The molecule has 0 aromatic heterocycles. The second kappa shape index (κ2) is 6.06. The predicted octanol–water partition coefficient (Wildman–Crippen LogP) is 4.23. The van der Waals surface area contributed by atoms with E-state index in [2.05, 4.69) is 20.8 Å². The first kappa shape index (κ1) is 17.8. The fraction of sp³-hybridized carbons (Fsp3) is 0.588. The molecule has 1 aromatic rings. The van der Waals surface area contributed by atoms with E-state index < -0.39 is 11.7 Å². The van der Waals surface area contributed by atoms with E-state index in [0.717, 1.165) is 5.56 Å². The summed E-state index contributed by atoms with van der Waals surface area (Å²) in [5.74, 6) is 0. The monoisotopic (exact) mass is 373 g/mol. The highest BCUT2D eigenvalue weighted by molar-refractivity contribution is 6.42. The average Bonchev–Trinajstić information content (AvgIpc) is 3.24. The average molecular weight is 374 g/mol. The summed E-state index contributed by atoms with van der Waals surface area (Å²) in [5.41, 5.74) is 0.0137. The Balaban J connectivity index is 1.99. The normalized spacial score (nSPS) is 30.3. The van der Waals surface area contributed by atoms with Gasteiger partial charge in [-0.15, -0.1) is 0 Å². The fourth-order valence-corrected chi connectivity index (χ4v) is 3.82. The summed E-state index contributed by atoms with van der Waals surface area (Å²) in [6.45, 7) is 7.13. The van der Waals surface area contributed by atoms with Crippen molar-refractivity contribution in [3.05, 3.63) is 33.8 Å². The van der Waals surface area contributed by atoms with Gasteiger partial charge in [0.2, 0.25) is 0 Å². The van der Waals surface area contributed by atoms with Crippen LogP contribution < -0.4 is 0 Å². The van der Waals surface area contributed by atoms with Gasteiger partial charge in [0.05, 0.1) is 29.3 Å². The molecule has 132 valence electrons. The number of hydrogen-bond acceptors (Lipinski definition) is 3. The zero-order valence-corrected chi connectivity index (χ0v) is 15.4. The van der Waals surface area contributed by atoms with E-state index in [-0.39, 0.29) is 24.2 Å². The summed E-state index contributed by atoms with van der Waals surface area (Å²) in [7, 11) is 0. The molecule has 3 rings (SSSR count). The molecule has 2 fully saturated rings. The predicted molar refractivity (Wildman–Crippen MR) is 91.8 cm³/mol. The van der Waals surface area contributed by atoms with Crippen molar-refractivity contribution < 1.29 is 19.4 Å². The van der Waals surface area contributed by atoms with Crippen LogP contribution >= 0.6 is 23.2 Å². The lowest BCUT2D eigenvalue weighted by atomic mass is 9.80. The molecule has 2 heterocycles. The number of nitrogens with zero attached hydrogens (tertiary/aromatic N) is 1. The number of epoxide rings is 1. The van der Waals surface area contributed by atoms with Gasteiger partial charge >= 0.3 is 6.09 Å². The van der Waals surface area contributed by atoms with Gasteiger partial charge in [0.25, 0.3) is 0 Å². The molecule has 1 spiro atoms. The molecule has 1 N–H and O–H groups in total. The Kier molecular flexibility index (Phi) is 4.49. The maximum absolute atomic E-state index is 11.5. The number of amides is 1. The molecule has 1 aromatic carbocycles. The molecule has 2 aliphatic heterocycles. The van der Waals surface area contributed by atoms with Gasteiger partial charge in [-0.1, -0.05) is 50.0 Å². The zero-order valence-electron chi connectivity index (χ0n) is 13.9. The van der Waals surface area contributed by atoms with Crippen LogP contribution in [0.3, 0.4) is 0 Å². The summed E-state index contributed by atoms with van der Waals surface area (Å²) >= 11 is 12.2. The minimum atomic E-state index is -0.962. The van der Waals surface area contributed by atoms with Crippen LogP contribution in [0.4, 0.5) is 4.79 Å². The topological polar surface area (TPSA) is 62.3 Å². The van der Waals surface area contributed by atoms with Crippen molar-refractivity contribution in [1.82, 2.24) is 4.90 Å². The van der Waals surface area contributed by atoms with E-state index in [9.17, 15) is 9.90 Å². The highest BCUT2D eigenvalue weighted by Gasteiger charge is 2.68. The maximum atomic E-state index is 11.5. The summed E-state index contributed by atoms with van der Waals surface area (Å²) in [5, 5.41) is 10.3. The second-order valence-electron chi connectivity index (χ2n) is 7.45. The first-order chi connectivity index (χ1) is 11.1. The third-order valence-electron chi connectivity index (χ3n) is 4.55. The highest BCUT2D eigenvalue weighted by atomic mass is 35.5. The zero-order chi connectivity index (χ0) is 17.7. The number of hydrogen-bond donors (Lipinski definition) is 1. The molecule has 3 atom stereocenters. The molecule has 1 amide bonds. The lowest BCUT2D eigenvalue weighted by Gasteiger charge is -2.27. The van der Waals surface area contributed by atoms with E-state index >= 15 is 0 Å². The van der Waals surface area contributed by atoms with Crippen LogP contribution in [-0.4, -0.2) is 47.5 Å². The fourth-order valence-electron chi connectivity index (χ4n) is 3.51. The number of carbonyl (C=O) groups is 1. The van der Waals surface area contributed by atoms with Crippen LogP contribution in [0.25, 0.3) is 0 Å². The van der Waals surface area contributed by atoms with Crippen LogP contribution in [0.2, 0.25) is 10.0 Å². The van der Waals surface area contributed by atoms with E-state index in [1.165, 1.54) is 4.90 Å². The van der Waals surface area contributed by atoms with Crippen molar-refractivity contribution in [3.63, 3.8) is 0 Å². The summed E-state index contributed by atoms with van der Waals surface area (Å²) in [6.07, 6.45) is -1.46. The molecular weight excluding hydrogens is 353 g/mol. The Hall–Kier alpha value is -1.01. The third-order valence-corrected chi connectivity index (χ3v) is 5.29. The van der Waals surface area contributed by atoms with Crippen LogP contribution in [0.15, 0.2) is 18.2 Å². The Bertz CT molecular complexity index is 660. The van der Waals surface area contributed by atoms with Gasteiger partial charge in [0.1, 0.15) is 11.7 Å². The molecular formula is C17H21Cl2NO4. The number of carboxylic acid groups (broad SMARTS) is 1. The minimum absolute atomic E-state index is 0.107. The van der Waals surface area contributed by atoms with Crippen molar-refractivity contribution in [3.8, 4) is 0 Å². The van der Waals surface area contributed by atoms with Gasteiger partial charge in [-0.05, 0) is 23.1 Å². The summed E-state index contributed by atoms with van der Waals surface area (Å²) < 4.78 is 12.1. The van der Waals surface area contributed by atoms with Crippen LogP contribution in [0.1, 0.15) is 32.4 Å². The highest BCUT2D eigenvalue weighted by Crippen LogP contribution is 2.56. The number of benzene rings is 1. The van der Waals surface area contributed by atoms with Crippen molar-refractivity contribution in [2.75, 3.05) is 19.7 Å². The summed E-state index contributed by atoms with van der Waals surface area (Å²) in [4.78, 5) is 12.9. The van der Waals surface area contributed by atoms with Crippen LogP contribution in [-0.2, 0) is 9.47 Å². The number of ether oxygens (including phenoxy) is 2. The van der Waals surface area contributed by atoms with Crippen molar-refractivity contribution >= 4 is 29.3 Å². The largest absolute Gasteiger partial charge is 0.465 e. The van der Waals surface area contributed by atoms with Gasteiger partial charge in [0, 0.05) is 6.54 Å². The van der Waals surface area contributed by atoms with Crippen molar-refractivity contribution in [2.45, 2.75) is 38.6 Å². The second-order valence-corrected chi connectivity index (χ2v) is 8.26. The molecule has 7 heteroatoms. The Morgan fingerprint density at radius 1 is 1.33 bits per heavy atom. The molecule has 0 saturated carbocycles. The third kappa shape index (κ3) is 3.10. The SMILES string of the molecule is CC(C)(C)C1OC12CN(C(=O)O)CCOC2c1ccc(Cl)c(Cl)c1. The van der Waals surface area contributed by atoms with E-state index in [1.807, 2.05) is 6.07 Å². The van der Waals surface area contributed by atoms with E-state index in [1.54, 1.807) is 12.1 Å². The summed E-state index contributed by atoms with van der Waals surface area (Å²) in [6, 6.07) is 5.36. The van der Waals surface area contributed by atoms with Crippen molar-refractivity contribution in [2.24, 2.45) is 5.41 Å². The Labute approximate surface area is 151 Å². The Morgan fingerprint density at radius 2 is 2.04 bits per heavy atom. The lowest BCUT2D eigenvalue weighted by molar-refractivity contribution is 0.0137. The smallest absolute Gasteiger partial charge is 0.407 e. The molecule has 2 aliphatic rings.